The zero-order chi connectivity index (χ0) is 8.44. The molecular formula is C8H15BrNO2+. The third kappa shape index (κ3) is 1.66. The molecule has 70 valence electrons. The second-order valence-electron chi connectivity index (χ2n) is 3.66. The molecule has 0 aromatic heterocycles. The Kier molecular flexibility index (Phi) is 2.69. The van der Waals surface area contributed by atoms with Crippen LogP contribution in [0.15, 0.2) is 0 Å². The summed E-state index contributed by atoms with van der Waals surface area (Å²) >= 11 is 3.46. The first-order valence-corrected chi connectivity index (χ1v) is 5.57. The van der Waals surface area contributed by atoms with Gasteiger partial charge in [-0.25, -0.2) is 0 Å². The van der Waals surface area contributed by atoms with Crippen molar-refractivity contribution in [3.05, 3.63) is 0 Å². The van der Waals surface area contributed by atoms with Gasteiger partial charge in [-0.2, -0.15) is 0 Å². The van der Waals surface area contributed by atoms with Crippen molar-refractivity contribution in [2.45, 2.75) is 6.10 Å². The maximum absolute atomic E-state index is 5.67. The van der Waals surface area contributed by atoms with Crippen LogP contribution in [0.2, 0.25) is 0 Å². The highest BCUT2D eigenvalue weighted by atomic mass is 79.9. The highest BCUT2D eigenvalue weighted by Crippen LogP contribution is 2.21. The first-order valence-electron chi connectivity index (χ1n) is 4.45. The fourth-order valence-electron chi connectivity index (χ4n) is 1.94. The van der Waals surface area contributed by atoms with E-state index in [1.165, 1.54) is 0 Å². The molecule has 2 aliphatic heterocycles. The predicted molar refractivity (Wildman–Crippen MR) is 49.2 cm³/mol. The Bertz CT molecular complexity index is 159. The van der Waals surface area contributed by atoms with Crippen LogP contribution in [0.1, 0.15) is 0 Å². The summed E-state index contributed by atoms with van der Waals surface area (Å²) < 4.78 is 12.1. The summed E-state index contributed by atoms with van der Waals surface area (Å²) in [5.41, 5.74) is 0. The third-order valence-electron chi connectivity index (χ3n) is 2.77. The maximum Gasteiger partial charge on any atom is 0.184 e. The van der Waals surface area contributed by atoms with Crippen LogP contribution in [-0.2, 0) is 9.47 Å². The van der Waals surface area contributed by atoms with Crippen LogP contribution in [-0.4, -0.2) is 55.5 Å². The molecule has 0 amide bonds. The van der Waals surface area contributed by atoms with E-state index in [4.69, 9.17) is 9.47 Å². The Morgan fingerprint density at radius 2 is 2.08 bits per heavy atom. The highest BCUT2D eigenvalue weighted by Gasteiger charge is 2.39. The third-order valence-corrected chi connectivity index (χ3v) is 3.49. The number of ether oxygens (including phenoxy) is 2. The van der Waals surface area contributed by atoms with Crippen molar-refractivity contribution in [2.75, 3.05) is 44.9 Å². The minimum Gasteiger partial charge on any atom is -0.370 e. The van der Waals surface area contributed by atoms with Crippen LogP contribution >= 0.6 is 15.9 Å². The smallest absolute Gasteiger partial charge is 0.184 e. The van der Waals surface area contributed by atoms with Gasteiger partial charge in [0.05, 0.1) is 13.2 Å². The lowest BCUT2D eigenvalue weighted by atomic mass is 10.3. The first kappa shape index (κ1) is 8.94. The van der Waals surface area contributed by atoms with Gasteiger partial charge in [0.2, 0.25) is 0 Å². The van der Waals surface area contributed by atoms with Crippen molar-refractivity contribution in [2.24, 2.45) is 0 Å². The summed E-state index contributed by atoms with van der Waals surface area (Å²) in [4.78, 5) is 0. The van der Waals surface area contributed by atoms with E-state index in [1.54, 1.807) is 0 Å². The molecule has 0 saturated carbocycles. The average Bonchev–Trinajstić information content (AvgIpc) is 2.50. The Morgan fingerprint density at radius 3 is 2.67 bits per heavy atom. The van der Waals surface area contributed by atoms with Crippen LogP contribution in [0, 0.1) is 0 Å². The normalized spacial score (nSPS) is 34.2. The van der Waals surface area contributed by atoms with E-state index in [0.717, 1.165) is 49.4 Å². The van der Waals surface area contributed by atoms with Crippen LogP contribution < -0.4 is 0 Å². The molecule has 2 heterocycles. The van der Waals surface area contributed by atoms with E-state index in [0.29, 0.717) is 6.10 Å². The Morgan fingerprint density at radius 1 is 1.33 bits per heavy atom. The van der Waals surface area contributed by atoms with Crippen molar-refractivity contribution in [1.82, 2.24) is 0 Å². The number of nitrogens with zero attached hydrogens (tertiary/aromatic N) is 1. The van der Waals surface area contributed by atoms with E-state index < -0.39 is 0 Å². The average molecular weight is 237 g/mol. The van der Waals surface area contributed by atoms with Gasteiger partial charge < -0.3 is 9.47 Å². The molecule has 2 fully saturated rings. The van der Waals surface area contributed by atoms with Gasteiger partial charge in [0, 0.05) is 5.33 Å². The molecule has 0 bridgehead atoms. The first-order chi connectivity index (χ1) is 5.85. The number of morpholine rings is 1. The molecule has 1 unspecified atom stereocenters. The van der Waals surface area contributed by atoms with E-state index in [-0.39, 0.29) is 0 Å². The van der Waals surface area contributed by atoms with Crippen molar-refractivity contribution in [1.29, 1.82) is 0 Å². The Hall–Kier alpha value is 0.360. The van der Waals surface area contributed by atoms with E-state index >= 15 is 0 Å². The molecule has 2 saturated heterocycles. The van der Waals surface area contributed by atoms with Gasteiger partial charge >= 0.3 is 0 Å². The molecule has 0 radical (unpaired) electrons. The van der Waals surface area contributed by atoms with Crippen LogP contribution in [0.5, 0.6) is 0 Å². The molecule has 2 rings (SSSR count). The summed E-state index contributed by atoms with van der Waals surface area (Å²) in [6.07, 6.45) is 0.420. The quantitative estimate of drug-likeness (QED) is 0.490. The van der Waals surface area contributed by atoms with E-state index in [2.05, 4.69) is 15.9 Å². The molecule has 1 atom stereocenters. The lowest BCUT2D eigenvalue weighted by molar-refractivity contribution is -0.932. The van der Waals surface area contributed by atoms with Crippen molar-refractivity contribution in [3.63, 3.8) is 0 Å². The predicted octanol–water partition coefficient (Wildman–Crippen LogP) is 0.585. The number of alkyl halides is 1. The number of hydrogen-bond acceptors (Lipinski definition) is 2. The molecule has 1 spiro atoms. The van der Waals surface area contributed by atoms with Gasteiger partial charge in [-0.15, -0.1) is 0 Å². The van der Waals surface area contributed by atoms with E-state index in [1.807, 2.05) is 0 Å². The molecule has 0 aliphatic carbocycles. The monoisotopic (exact) mass is 236 g/mol. The standard InChI is InChI=1S/C8H15BrNO2/c9-5-8-6-10(7-12-8)1-3-11-4-2-10/h8H,1-7H2/q+1. The van der Waals surface area contributed by atoms with Gasteiger partial charge in [-0.05, 0) is 0 Å². The molecule has 12 heavy (non-hydrogen) atoms. The number of quaternary nitrogens is 1. The zero-order valence-electron chi connectivity index (χ0n) is 7.17. The van der Waals surface area contributed by atoms with Crippen LogP contribution in [0.4, 0.5) is 0 Å². The molecule has 0 aromatic rings. The molecule has 4 heteroatoms. The zero-order valence-corrected chi connectivity index (χ0v) is 8.75. The summed E-state index contributed by atoms with van der Waals surface area (Å²) in [5, 5.41) is 0.966. The Balaban J connectivity index is 1.94. The lowest BCUT2D eigenvalue weighted by Crippen LogP contribution is -2.53. The second-order valence-corrected chi connectivity index (χ2v) is 4.30. The number of rotatable bonds is 1. The molecular weight excluding hydrogens is 222 g/mol. The highest BCUT2D eigenvalue weighted by molar-refractivity contribution is 9.09. The lowest BCUT2D eigenvalue weighted by Gasteiger charge is -2.35. The number of halogens is 1. The molecule has 2 aliphatic rings. The van der Waals surface area contributed by atoms with Gasteiger partial charge in [-0.1, -0.05) is 15.9 Å². The van der Waals surface area contributed by atoms with Gasteiger partial charge in [-0.3, -0.25) is 4.48 Å². The number of hydrogen-bond donors (Lipinski definition) is 0. The Labute approximate surface area is 81.3 Å². The van der Waals surface area contributed by atoms with Crippen LogP contribution in [0.25, 0.3) is 0 Å². The SMILES string of the molecule is BrCC1C[N+]2(CCOCC2)CO1. The topological polar surface area (TPSA) is 18.5 Å². The van der Waals surface area contributed by atoms with Gasteiger partial charge in [0.1, 0.15) is 25.7 Å². The summed E-state index contributed by atoms with van der Waals surface area (Å²) in [7, 11) is 0. The maximum atomic E-state index is 5.67. The largest absolute Gasteiger partial charge is 0.370 e. The van der Waals surface area contributed by atoms with Crippen molar-refractivity contribution < 1.29 is 14.0 Å². The minimum absolute atomic E-state index is 0.420. The molecule has 0 N–H and O–H groups in total. The molecule has 0 aromatic carbocycles. The summed E-state index contributed by atoms with van der Waals surface area (Å²) in [6, 6.07) is 0. The minimum atomic E-state index is 0.420. The van der Waals surface area contributed by atoms with Crippen molar-refractivity contribution >= 4 is 15.9 Å². The van der Waals surface area contributed by atoms with E-state index in [9.17, 15) is 0 Å². The second kappa shape index (κ2) is 3.62. The fourth-order valence-corrected chi connectivity index (χ4v) is 2.33. The van der Waals surface area contributed by atoms with Gasteiger partial charge in [0.15, 0.2) is 6.73 Å². The molecule has 3 nitrogen and oxygen atoms in total. The fraction of sp³-hybridized carbons (Fsp3) is 1.00. The summed E-state index contributed by atoms with van der Waals surface area (Å²) in [6.45, 7) is 6.11. The van der Waals surface area contributed by atoms with Gasteiger partial charge in [0.25, 0.3) is 0 Å². The van der Waals surface area contributed by atoms with Crippen LogP contribution in [0.3, 0.4) is 0 Å². The summed E-state index contributed by atoms with van der Waals surface area (Å²) in [5.74, 6) is 0. The van der Waals surface area contributed by atoms with Crippen molar-refractivity contribution in [3.8, 4) is 0 Å².